The van der Waals surface area contributed by atoms with Crippen LogP contribution in [0.1, 0.15) is 24.2 Å². The van der Waals surface area contributed by atoms with Gasteiger partial charge in [-0.15, -0.1) is 0 Å². The van der Waals surface area contributed by atoms with E-state index in [9.17, 15) is 9.90 Å². The Labute approximate surface area is 140 Å². The summed E-state index contributed by atoms with van der Waals surface area (Å²) in [6.45, 7) is 4.24. The second-order valence-corrected chi connectivity index (χ2v) is 5.95. The third-order valence-electron chi connectivity index (χ3n) is 4.08. The minimum Gasteiger partial charge on any atom is -0.508 e. The Bertz CT molecular complexity index is 734. The van der Waals surface area contributed by atoms with Gasteiger partial charge in [0.2, 0.25) is 5.91 Å². The van der Waals surface area contributed by atoms with Gasteiger partial charge in [0.1, 0.15) is 11.5 Å². The van der Waals surface area contributed by atoms with Crippen LogP contribution >= 0.6 is 0 Å². The van der Waals surface area contributed by atoms with Gasteiger partial charge in [0.05, 0.1) is 0 Å². The molecular formula is C18H21N3O3. The summed E-state index contributed by atoms with van der Waals surface area (Å²) < 4.78 is 4.92. The first-order chi connectivity index (χ1) is 11.6. The fourth-order valence-electron chi connectivity index (χ4n) is 2.74. The molecule has 1 amide bonds. The number of anilines is 1. The van der Waals surface area contributed by atoms with E-state index in [1.165, 1.54) is 5.57 Å². The minimum absolute atomic E-state index is 0.0587. The van der Waals surface area contributed by atoms with Gasteiger partial charge in [-0.25, -0.2) is 0 Å². The molecule has 126 valence electrons. The molecule has 0 saturated carbocycles. The summed E-state index contributed by atoms with van der Waals surface area (Å²) in [5, 5.41) is 15.8. The SMILES string of the molecule is Cc1cc(NC(=O)CCN2CC=C(c3ccc(O)cc3)CC2)no1. The van der Waals surface area contributed by atoms with Crippen molar-refractivity contribution in [3.8, 4) is 5.75 Å². The Morgan fingerprint density at radius 2 is 2.17 bits per heavy atom. The van der Waals surface area contributed by atoms with Crippen molar-refractivity contribution in [1.29, 1.82) is 0 Å². The Kier molecular flexibility index (Phi) is 4.96. The van der Waals surface area contributed by atoms with Gasteiger partial charge in [-0.3, -0.25) is 9.69 Å². The van der Waals surface area contributed by atoms with Gasteiger partial charge in [0.15, 0.2) is 5.82 Å². The van der Waals surface area contributed by atoms with Crippen LogP contribution in [0.4, 0.5) is 5.82 Å². The van der Waals surface area contributed by atoms with Crippen molar-refractivity contribution < 1.29 is 14.4 Å². The molecule has 0 unspecified atom stereocenters. The van der Waals surface area contributed by atoms with E-state index in [0.29, 0.717) is 24.5 Å². The van der Waals surface area contributed by atoms with Crippen LogP contribution in [0.3, 0.4) is 0 Å². The number of hydrogen-bond donors (Lipinski definition) is 2. The molecule has 1 aliphatic heterocycles. The minimum atomic E-state index is -0.0587. The van der Waals surface area contributed by atoms with Gasteiger partial charge in [-0.2, -0.15) is 0 Å². The molecule has 6 heteroatoms. The van der Waals surface area contributed by atoms with Gasteiger partial charge < -0.3 is 14.9 Å². The van der Waals surface area contributed by atoms with Crippen molar-refractivity contribution >= 4 is 17.3 Å². The Morgan fingerprint density at radius 3 is 2.79 bits per heavy atom. The van der Waals surface area contributed by atoms with Gasteiger partial charge in [0.25, 0.3) is 0 Å². The molecule has 0 radical (unpaired) electrons. The zero-order valence-corrected chi connectivity index (χ0v) is 13.7. The molecule has 0 atom stereocenters. The van der Waals surface area contributed by atoms with Gasteiger partial charge in [-0.1, -0.05) is 23.4 Å². The summed E-state index contributed by atoms with van der Waals surface area (Å²) in [7, 11) is 0. The van der Waals surface area contributed by atoms with Crippen LogP contribution in [0.2, 0.25) is 0 Å². The van der Waals surface area contributed by atoms with E-state index >= 15 is 0 Å². The summed E-state index contributed by atoms with van der Waals surface area (Å²) in [5.41, 5.74) is 2.43. The number of carbonyl (C=O) groups excluding carboxylic acids is 1. The smallest absolute Gasteiger partial charge is 0.226 e. The van der Waals surface area contributed by atoms with Gasteiger partial charge >= 0.3 is 0 Å². The number of carbonyl (C=O) groups is 1. The first kappa shape index (κ1) is 16.3. The zero-order valence-electron chi connectivity index (χ0n) is 13.7. The normalized spacial score (nSPS) is 15.1. The van der Waals surface area contributed by atoms with Crippen LogP contribution in [0.15, 0.2) is 40.9 Å². The molecule has 6 nitrogen and oxygen atoms in total. The number of phenols is 1. The van der Waals surface area contributed by atoms with Crippen molar-refractivity contribution in [3.05, 3.63) is 47.7 Å². The number of amides is 1. The molecule has 0 spiro atoms. The molecule has 1 aromatic carbocycles. The maximum Gasteiger partial charge on any atom is 0.226 e. The Balaban J connectivity index is 1.46. The highest BCUT2D eigenvalue weighted by atomic mass is 16.5. The Morgan fingerprint density at radius 1 is 1.38 bits per heavy atom. The lowest BCUT2D eigenvalue weighted by atomic mass is 9.99. The van der Waals surface area contributed by atoms with Crippen molar-refractivity contribution in [2.45, 2.75) is 19.8 Å². The zero-order chi connectivity index (χ0) is 16.9. The summed E-state index contributed by atoms with van der Waals surface area (Å²) in [4.78, 5) is 14.2. The molecule has 3 rings (SSSR count). The van der Waals surface area contributed by atoms with Crippen molar-refractivity contribution in [3.63, 3.8) is 0 Å². The summed E-state index contributed by atoms with van der Waals surface area (Å²) in [5.74, 6) is 1.36. The summed E-state index contributed by atoms with van der Waals surface area (Å²) in [6.07, 6.45) is 3.55. The van der Waals surface area contributed by atoms with Crippen LogP contribution in [0, 0.1) is 6.92 Å². The molecule has 2 heterocycles. The number of aryl methyl sites for hydroxylation is 1. The average Bonchev–Trinajstić information content (AvgIpc) is 2.99. The molecular weight excluding hydrogens is 306 g/mol. The molecule has 0 bridgehead atoms. The fourth-order valence-corrected chi connectivity index (χ4v) is 2.74. The first-order valence-corrected chi connectivity index (χ1v) is 8.04. The van der Waals surface area contributed by atoms with E-state index in [2.05, 4.69) is 21.4 Å². The highest BCUT2D eigenvalue weighted by molar-refractivity contribution is 5.89. The van der Waals surface area contributed by atoms with Crippen LogP contribution in [0.5, 0.6) is 5.75 Å². The van der Waals surface area contributed by atoms with Gasteiger partial charge in [-0.05, 0) is 36.6 Å². The number of rotatable bonds is 5. The molecule has 2 aromatic rings. The van der Waals surface area contributed by atoms with Crippen LogP contribution < -0.4 is 5.32 Å². The lowest BCUT2D eigenvalue weighted by Crippen LogP contribution is -2.31. The van der Waals surface area contributed by atoms with E-state index in [1.54, 1.807) is 25.1 Å². The van der Waals surface area contributed by atoms with Gasteiger partial charge in [0, 0.05) is 32.1 Å². The Hall–Kier alpha value is -2.60. The quantitative estimate of drug-likeness (QED) is 0.883. The monoisotopic (exact) mass is 327 g/mol. The maximum atomic E-state index is 11.9. The van der Waals surface area contributed by atoms with E-state index in [0.717, 1.165) is 25.1 Å². The third-order valence-corrected chi connectivity index (χ3v) is 4.08. The summed E-state index contributed by atoms with van der Waals surface area (Å²) >= 11 is 0. The van der Waals surface area contributed by atoms with E-state index in [-0.39, 0.29) is 11.7 Å². The van der Waals surface area contributed by atoms with Crippen LogP contribution in [-0.2, 0) is 4.79 Å². The standard InChI is InChI=1S/C18H21N3O3/c1-13-12-17(20-24-13)19-18(23)8-11-21-9-6-15(7-10-21)14-2-4-16(22)5-3-14/h2-6,12,22H,7-11H2,1H3,(H,19,20,23). The molecule has 0 aliphatic carbocycles. The number of aromatic hydroxyl groups is 1. The highest BCUT2D eigenvalue weighted by Crippen LogP contribution is 2.24. The molecule has 1 aliphatic rings. The van der Waals surface area contributed by atoms with Crippen LogP contribution in [-0.4, -0.2) is 40.7 Å². The maximum absolute atomic E-state index is 11.9. The molecule has 24 heavy (non-hydrogen) atoms. The number of nitrogens with zero attached hydrogens (tertiary/aromatic N) is 2. The number of phenolic OH excluding ortho intramolecular Hbond substituents is 1. The van der Waals surface area contributed by atoms with E-state index in [1.807, 2.05) is 12.1 Å². The van der Waals surface area contributed by atoms with Crippen molar-refractivity contribution in [2.75, 3.05) is 25.0 Å². The second kappa shape index (κ2) is 7.31. The molecule has 0 saturated heterocycles. The molecule has 2 N–H and O–H groups in total. The van der Waals surface area contributed by atoms with Crippen molar-refractivity contribution in [1.82, 2.24) is 10.1 Å². The number of nitrogens with one attached hydrogen (secondary N) is 1. The summed E-state index contributed by atoms with van der Waals surface area (Å²) in [6, 6.07) is 8.98. The lowest BCUT2D eigenvalue weighted by molar-refractivity contribution is -0.116. The van der Waals surface area contributed by atoms with Crippen LogP contribution in [0.25, 0.3) is 5.57 Å². The molecule has 0 fully saturated rings. The van der Waals surface area contributed by atoms with Crippen molar-refractivity contribution in [2.24, 2.45) is 0 Å². The highest BCUT2D eigenvalue weighted by Gasteiger charge is 2.14. The predicted molar refractivity (Wildman–Crippen MR) is 91.6 cm³/mol. The third kappa shape index (κ3) is 4.23. The van der Waals surface area contributed by atoms with E-state index < -0.39 is 0 Å². The number of hydrogen-bond acceptors (Lipinski definition) is 5. The number of aromatic nitrogens is 1. The lowest BCUT2D eigenvalue weighted by Gasteiger charge is -2.26. The number of benzene rings is 1. The fraction of sp³-hybridized carbons (Fsp3) is 0.333. The molecule has 1 aromatic heterocycles. The van der Waals surface area contributed by atoms with E-state index in [4.69, 9.17) is 4.52 Å². The second-order valence-electron chi connectivity index (χ2n) is 5.95. The topological polar surface area (TPSA) is 78.6 Å². The predicted octanol–water partition coefficient (Wildman–Crippen LogP) is 2.81. The first-order valence-electron chi connectivity index (χ1n) is 8.04. The largest absolute Gasteiger partial charge is 0.508 e. The average molecular weight is 327 g/mol.